The lowest BCUT2D eigenvalue weighted by molar-refractivity contribution is -0.389. The zero-order valence-electron chi connectivity index (χ0n) is 15.1. The van der Waals surface area contributed by atoms with Gasteiger partial charge < -0.3 is 24.3 Å². The Morgan fingerprint density at radius 3 is 2.63 bits per heavy atom. The van der Waals surface area contributed by atoms with Gasteiger partial charge in [0.1, 0.15) is 18.6 Å². The molecule has 1 aliphatic rings. The van der Waals surface area contributed by atoms with E-state index in [1.807, 2.05) is 0 Å². The maximum Gasteiger partial charge on any atom is 0.573 e. The molecule has 0 N–H and O–H groups in total. The second-order valence-electron chi connectivity index (χ2n) is 6.28. The quantitative estimate of drug-likeness (QED) is 0.457. The molecule has 156 valence electrons. The number of fused-ring (bicyclic) bond motifs is 1. The normalized spacial score (nSPS) is 15.8. The van der Waals surface area contributed by atoms with Crippen LogP contribution in [0.1, 0.15) is 0 Å². The minimum Gasteiger partial charge on any atom is -0.469 e. The molecule has 0 aliphatic carbocycles. The van der Waals surface area contributed by atoms with E-state index < -0.39 is 17.4 Å². The molecule has 2 aromatic heterocycles. The van der Waals surface area contributed by atoms with Crippen molar-refractivity contribution >= 4 is 5.82 Å². The number of halogens is 3. The Hall–Kier alpha value is -3.83. The fourth-order valence-corrected chi connectivity index (χ4v) is 2.87. The number of nitrogens with zero attached hydrogens (tertiary/aromatic N) is 4. The minimum atomic E-state index is -4.76. The number of ether oxygens (including phenoxy) is 3. The molecule has 1 aromatic carbocycles. The highest BCUT2D eigenvalue weighted by molar-refractivity contribution is 5.60. The van der Waals surface area contributed by atoms with Gasteiger partial charge in [-0.3, -0.25) is 4.57 Å². The summed E-state index contributed by atoms with van der Waals surface area (Å²) >= 11 is 0. The second-order valence-corrected chi connectivity index (χ2v) is 6.28. The Morgan fingerprint density at radius 1 is 1.17 bits per heavy atom. The van der Waals surface area contributed by atoms with Crippen molar-refractivity contribution in [2.45, 2.75) is 19.0 Å². The fraction of sp³-hybridized carbons (Fsp3) is 0.222. The lowest BCUT2D eigenvalue weighted by atomic mass is 10.1. The molecule has 3 heterocycles. The van der Waals surface area contributed by atoms with Gasteiger partial charge in [0.2, 0.25) is 5.88 Å². The van der Waals surface area contributed by atoms with Crippen LogP contribution in [-0.4, -0.2) is 38.5 Å². The first-order chi connectivity index (χ1) is 14.3. The van der Waals surface area contributed by atoms with Crippen LogP contribution in [-0.2, 0) is 6.54 Å². The third kappa shape index (κ3) is 4.42. The summed E-state index contributed by atoms with van der Waals surface area (Å²) in [6, 6.07) is 10.4. The summed E-state index contributed by atoms with van der Waals surface area (Å²) in [5.41, 5.74) is 1.06. The molecule has 4 rings (SSSR count). The standard InChI is InChI=1S/C18H13F3N4O5/c19-18(20,21)30-12-6-4-11(5-7-12)14-2-1-3-16(22-14)29-13-8-24-9-15(25(26)27)23-17(24)28-10-13/h1-7,9,13H,8,10H2/t13-/m1/s1. The van der Waals surface area contributed by atoms with Crippen molar-refractivity contribution in [2.75, 3.05) is 6.61 Å². The van der Waals surface area contributed by atoms with Crippen molar-refractivity contribution in [2.24, 2.45) is 0 Å². The number of aromatic nitrogens is 3. The van der Waals surface area contributed by atoms with Gasteiger partial charge in [0, 0.05) is 16.6 Å². The molecule has 9 nitrogen and oxygen atoms in total. The van der Waals surface area contributed by atoms with Crippen LogP contribution >= 0.6 is 0 Å². The first-order valence-electron chi connectivity index (χ1n) is 8.61. The first kappa shape index (κ1) is 19.5. The number of pyridine rings is 1. The topological polar surface area (TPSA) is 102 Å². The largest absolute Gasteiger partial charge is 0.573 e. The Morgan fingerprint density at radius 2 is 1.93 bits per heavy atom. The SMILES string of the molecule is O=[N+]([O-])c1cn2c(n1)OC[C@H](Oc1cccc(-c3ccc(OC(F)(F)F)cc3)n1)C2. The summed E-state index contributed by atoms with van der Waals surface area (Å²) in [4.78, 5) is 18.3. The lowest BCUT2D eigenvalue weighted by Crippen LogP contribution is -2.34. The maximum absolute atomic E-state index is 12.3. The summed E-state index contributed by atoms with van der Waals surface area (Å²) in [5, 5.41) is 10.8. The highest BCUT2D eigenvalue weighted by atomic mass is 19.4. The first-order valence-corrected chi connectivity index (χ1v) is 8.61. The second kappa shape index (κ2) is 7.54. The third-order valence-electron chi connectivity index (χ3n) is 4.11. The number of benzene rings is 1. The monoisotopic (exact) mass is 422 g/mol. The third-order valence-corrected chi connectivity index (χ3v) is 4.11. The van der Waals surface area contributed by atoms with Gasteiger partial charge in [-0.25, -0.2) is 4.98 Å². The number of rotatable bonds is 5. The smallest absolute Gasteiger partial charge is 0.469 e. The van der Waals surface area contributed by atoms with Crippen molar-refractivity contribution in [1.82, 2.24) is 14.5 Å². The average molecular weight is 422 g/mol. The average Bonchev–Trinajstić information content (AvgIpc) is 3.11. The van der Waals surface area contributed by atoms with Gasteiger partial charge in [-0.1, -0.05) is 6.07 Å². The predicted molar refractivity (Wildman–Crippen MR) is 95.1 cm³/mol. The van der Waals surface area contributed by atoms with Crippen molar-refractivity contribution < 1.29 is 32.3 Å². The summed E-state index contributed by atoms with van der Waals surface area (Å²) < 4.78 is 53.4. The van der Waals surface area contributed by atoms with Gasteiger partial charge >= 0.3 is 18.2 Å². The molecule has 0 unspecified atom stereocenters. The van der Waals surface area contributed by atoms with Gasteiger partial charge in [0.25, 0.3) is 0 Å². The fourth-order valence-electron chi connectivity index (χ4n) is 2.87. The van der Waals surface area contributed by atoms with Crippen LogP contribution in [0.2, 0.25) is 0 Å². The van der Waals surface area contributed by atoms with Crippen molar-refractivity contribution in [3.05, 3.63) is 58.8 Å². The lowest BCUT2D eigenvalue weighted by Gasteiger charge is -2.22. The number of imidazole rings is 1. The van der Waals surface area contributed by atoms with Gasteiger partial charge in [-0.05, 0) is 35.3 Å². The van der Waals surface area contributed by atoms with Crippen LogP contribution in [0.4, 0.5) is 19.0 Å². The van der Waals surface area contributed by atoms with Crippen LogP contribution in [0.5, 0.6) is 17.6 Å². The van der Waals surface area contributed by atoms with Crippen LogP contribution in [0.15, 0.2) is 48.7 Å². The van der Waals surface area contributed by atoms with E-state index in [1.165, 1.54) is 35.0 Å². The van der Waals surface area contributed by atoms with E-state index in [9.17, 15) is 23.3 Å². The van der Waals surface area contributed by atoms with Crippen LogP contribution in [0.25, 0.3) is 11.3 Å². The summed E-state index contributed by atoms with van der Waals surface area (Å²) in [7, 11) is 0. The molecule has 0 saturated carbocycles. The van der Waals surface area contributed by atoms with Crippen molar-refractivity contribution in [1.29, 1.82) is 0 Å². The molecule has 30 heavy (non-hydrogen) atoms. The molecular formula is C18H13F3N4O5. The predicted octanol–water partition coefficient (Wildman–Crippen LogP) is 3.59. The van der Waals surface area contributed by atoms with Crippen molar-refractivity contribution in [3.8, 4) is 28.9 Å². The maximum atomic E-state index is 12.3. The highest BCUT2D eigenvalue weighted by Gasteiger charge is 2.31. The van der Waals surface area contributed by atoms with Gasteiger partial charge in [0.15, 0.2) is 6.10 Å². The zero-order chi connectivity index (χ0) is 21.3. The van der Waals surface area contributed by atoms with Crippen LogP contribution in [0.3, 0.4) is 0 Å². The van der Waals surface area contributed by atoms with Crippen LogP contribution in [0, 0.1) is 10.1 Å². The van der Waals surface area contributed by atoms with Crippen molar-refractivity contribution in [3.63, 3.8) is 0 Å². The number of hydrogen-bond donors (Lipinski definition) is 0. The minimum absolute atomic E-state index is 0.129. The van der Waals surface area contributed by atoms with E-state index in [-0.39, 0.29) is 36.6 Å². The molecule has 12 heteroatoms. The van der Waals surface area contributed by atoms with Gasteiger partial charge in [-0.15, -0.1) is 13.2 Å². The van der Waals surface area contributed by atoms with E-state index >= 15 is 0 Å². The number of hydrogen-bond acceptors (Lipinski definition) is 7. The molecular weight excluding hydrogens is 409 g/mol. The zero-order valence-corrected chi connectivity index (χ0v) is 15.1. The Bertz CT molecular complexity index is 1070. The number of nitro groups is 1. The van der Waals surface area contributed by atoms with Crippen LogP contribution < -0.4 is 14.2 Å². The van der Waals surface area contributed by atoms with Gasteiger partial charge in [0.05, 0.1) is 12.2 Å². The molecule has 1 aliphatic heterocycles. The van der Waals surface area contributed by atoms with E-state index in [0.717, 1.165) is 0 Å². The summed E-state index contributed by atoms with van der Waals surface area (Å²) in [6.45, 7) is 0.412. The Labute approximate surface area is 166 Å². The number of alkyl halides is 3. The van der Waals surface area contributed by atoms with E-state index in [4.69, 9.17) is 9.47 Å². The molecule has 0 saturated heterocycles. The molecule has 0 radical (unpaired) electrons. The van der Waals surface area contributed by atoms with E-state index in [1.54, 1.807) is 18.2 Å². The van der Waals surface area contributed by atoms with Gasteiger partial charge in [-0.2, -0.15) is 0 Å². The molecule has 0 spiro atoms. The Balaban J connectivity index is 1.45. The molecule has 0 amide bonds. The molecule has 1 atom stereocenters. The summed E-state index contributed by atoms with van der Waals surface area (Å²) in [6.07, 6.45) is -3.96. The Kier molecular flexibility index (Phi) is 4.90. The molecule has 3 aromatic rings. The van der Waals surface area contributed by atoms with E-state index in [2.05, 4.69) is 14.7 Å². The highest BCUT2D eigenvalue weighted by Crippen LogP contribution is 2.27. The van der Waals surface area contributed by atoms with E-state index in [0.29, 0.717) is 11.3 Å². The molecule has 0 fully saturated rings. The molecule has 0 bridgehead atoms. The summed E-state index contributed by atoms with van der Waals surface area (Å²) in [5.74, 6) is -0.373.